The molecule has 2 N–H and O–H groups in total. The Labute approximate surface area is 143 Å². The molecule has 0 radical (unpaired) electrons. The summed E-state index contributed by atoms with van der Waals surface area (Å²) in [5.41, 5.74) is 1.48. The first-order valence-corrected chi connectivity index (χ1v) is 7.96. The van der Waals surface area contributed by atoms with Crippen LogP contribution in [0.25, 0.3) is 11.3 Å². The molecule has 1 aromatic carbocycles. The van der Waals surface area contributed by atoms with Crippen LogP contribution in [-0.2, 0) is 0 Å². The van der Waals surface area contributed by atoms with E-state index in [4.69, 9.17) is 0 Å². The fourth-order valence-electron chi connectivity index (χ4n) is 2.39. The lowest BCUT2D eigenvalue weighted by Gasteiger charge is -2.11. The molecule has 0 saturated heterocycles. The van der Waals surface area contributed by atoms with Crippen molar-refractivity contribution in [3.8, 4) is 11.3 Å². The number of anilines is 3. The van der Waals surface area contributed by atoms with E-state index >= 15 is 0 Å². The van der Waals surface area contributed by atoms with Crippen molar-refractivity contribution in [1.29, 1.82) is 0 Å². The highest BCUT2D eigenvalue weighted by Gasteiger charge is 2.22. The summed E-state index contributed by atoms with van der Waals surface area (Å²) in [5.74, 6) is -1.03. The lowest BCUT2D eigenvalue weighted by Crippen LogP contribution is -2.08. The summed E-state index contributed by atoms with van der Waals surface area (Å²) in [6, 6.07) is 9.70. The Morgan fingerprint density at radius 2 is 1.92 bits per heavy atom. The molecule has 4 rings (SSSR count). The predicted molar refractivity (Wildman–Crippen MR) is 91.5 cm³/mol. The fourth-order valence-corrected chi connectivity index (χ4v) is 2.39. The maximum Gasteiger partial charge on any atom is 0.225 e. The van der Waals surface area contributed by atoms with Gasteiger partial charge in [0, 0.05) is 30.1 Å². The van der Waals surface area contributed by atoms with Gasteiger partial charge in [-0.15, -0.1) is 0 Å². The zero-order chi connectivity index (χ0) is 17.2. The Morgan fingerprint density at radius 3 is 2.68 bits per heavy atom. The Kier molecular flexibility index (Phi) is 3.97. The van der Waals surface area contributed by atoms with E-state index in [1.54, 1.807) is 18.5 Å². The normalized spacial score (nSPS) is 13.5. The number of benzene rings is 1. The molecule has 1 saturated carbocycles. The van der Waals surface area contributed by atoms with E-state index in [0.29, 0.717) is 23.5 Å². The molecule has 0 spiro atoms. The monoisotopic (exact) mass is 339 g/mol. The molecule has 2 aromatic heterocycles. The third-order valence-electron chi connectivity index (χ3n) is 3.81. The minimum Gasteiger partial charge on any atom is -0.351 e. The number of hydrogen-bond donors (Lipinski definition) is 2. The summed E-state index contributed by atoms with van der Waals surface area (Å²) in [6.07, 6.45) is 5.51. The molecule has 2 heterocycles. The summed E-state index contributed by atoms with van der Waals surface area (Å²) < 4.78 is 27.3. The zero-order valence-corrected chi connectivity index (χ0v) is 13.2. The van der Waals surface area contributed by atoms with Gasteiger partial charge < -0.3 is 10.6 Å². The second-order valence-corrected chi connectivity index (χ2v) is 5.85. The van der Waals surface area contributed by atoms with E-state index < -0.39 is 11.6 Å². The van der Waals surface area contributed by atoms with E-state index in [1.807, 2.05) is 12.1 Å². The maximum absolute atomic E-state index is 13.9. The van der Waals surface area contributed by atoms with Gasteiger partial charge in [-0.1, -0.05) is 6.07 Å². The smallest absolute Gasteiger partial charge is 0.225 e. The standard InChI is InChI=1S/C18H15F2N5/c19-13-4-1-5-14(17(13)20)23-16-9-15(11-3-2-8-21-10-11)24-18(25-16)22-12-6-7-12/h1-5,8-10,12H,6-7H2,(H2,22,23,24,25). The summed E-state index contributed by atoms with van der Waals surface area (Å²) in [6.45, 7) is 0. The Bertz CT molecular complexity index is 897. The highest BCUT2D eigenvalue weighted by atomic mass is 19.2. The van der Waals surface area contributed by atoms with Gasteiger partial charge in [0.05, 0.1) is 11.4 Å². The van der Waals surface area contributed by atoms with Crippen molar-refractivity contribution < 1.29 is 8.78 Å². The minimum atomic E-state index is -0.944. The first-order chi connectivity index (χ1) is 12.2. The molecule has 1 aliphatic carbocycles. The average Bonchev–Trinajstić information content (AvgIpc) is 3.43. The first kappa shape index (κ1) is 15.4. The van der Waals surface area contributed by atoms with Gasteiger partial charge in [0.2, 0.25) is 5.95 Å². The highest BCUT2D eigenvalue weighted by Crippen LogP contribution is 2.28. The SMILES string of the molecule is Fc1cccc(Nc2cc(-c3cccnc3)nc(NC3CC3)n2)c1F. The van der Waals surface area contributed by atoms with Gasteiger partial charge in [0.15, 0.2) is 11.6 Å². The van der Waals surface area contributed by atoms with Gasteiger partial charge in [0.1, 0.15) is 5.82 Å². The van der Waals surface area contributed by atoms with Crippen molar-refractivity contribution >= 4 is 17.5 Å². The number of rotatable bonds is 5. The van der Waals surface area contributed by atoms with Crippen molar-refractivity contribution in [1.82, 2.24) is 15.0 Å². The molecule has 25 heavy (non-hydrogen) atoms. The van der Waals surface area contributed by atoms with Gasteiger partial charge in [0.25, 0.3) is 0 Å². The molecule has 0 aliphatic heterocycles. The largest absolute Gasteiger partial charge is 0.351 e. The van der Waals surface area contributed by atoms with Crippen molar-refractivity contribution in [2.24, 2.45) is 0 Å². The van der Waals surface area contributed by atoms with E-state index in [0.717, 1.165) is 24.5 Å². The van der Waals surface area contributed by atoms with Crippen molar-refractivity contribution in [2.45, 2.75) is 18.9 Å². The number of nitrogens with zero attached hydrogens (tertiary/aromatic N) is 3. The number of hydrogen-bond acceptors (Lipinski definition) is 5. The Morgan fingerprint density at radius 1 is 1.04 bits per heavy atom. The van der Waals surface area contributed by atoms with Crippen LogP contribution in [0.2, 0.25) is 0 Å². The fraction of sp³-hybridized carbons (Fsp3) is 0.167. The number of halogens is 2. The lowest BCUT2D eigenvalue weighted by molar-refractivity contribution is 0.511. The summed E-state index contributed by atoms with van der Waals surface area (Å²) in [7, 11) is 0. The molecular weight excluding hydrogens is 324 g/mol. The van der Waals surface area contributed by atoms with Gasteiger partial charge in [-0.05, 0) is 37.1 Å². The number of pyridine rings is 1. The molecule has 126 valence electrons. The van der Waals surface area contributed by atoms with Crippen LogP contribution in [0.15, 0.2) is 48.8 Å². The van der Waals surface area contributed by atoms with Gasteiger partial charge >= 0.3 is 0 Å². The number of aromatic nitrogens is 3. The molecule has 1 aliphatic rings. The van der Waals surface area contributed by atoms with Crippen LogP contribution in [0, 0.1) is 11.6 Å². The molecule has 5 nitrogen and oxygen atoms in total. The highest BCUT2D eigenvalue weighted by molar-refractivity contribution is 5.67. The minimum absolute atomic E-state index is 0.0215. The second-order valence-electron chi connectivity index (χ2n) is 5.85. The van der Waals surface area contributed by atoms with Crippen LogP contribution in [0.3, 0.4) is 0 Å². The Hall–Kier alpha value is -3.09. The van der Waals surface area contributed by atoms with Crippen molar-refractivity contribution in [2.75, 3.05) is 10.6 Å². The maximum atomic E-state index is 13.9. The third-order valence-corrected chi connectivity index (χ3v) is 3.81. The molecule has 0 bridgehead atoms. The molecule has 1 fully saturated rings. The van der Waals surface area contributed by atoms with Crippen LogP contribution >= 0.6 is 0 Å². The molecule has 3 aromatic rings. The van der Waals surface area contributed by atoms with E-state index in [-0.39, 0.29) is 5.69 Å². The molecule has 0 amide bonds. The molecule has 0 unspecified atom stereocenters. The molecular formula is C18H15F2N5. The van der Waals surface area contributed by atoms with Gasteiger partial charge in [-0.25, -0.2) is 13.8 Å². The van der Waals surface area contributed by atoms with Crippen molar-refractivity contribution in [3.05, 3.63) is 60.4 Å². The van der Waals surface area contributed by atoms with Crippen LogP contribution < -0.4 is 10.6 Å². The summed E-state index contributed by atoms with van der Waals surface area (Å²) >= 11 is 0. The molecule has 0 atom stereocenters. The predicted octanol–water partition coefficient (Wildman–Crippen LogP) is 4.13. The topological polar surface area (TPSA) is 62.7 Å². The van der Waals surface area contributed by atoms with Crippen LogP contribution in [-0.4, -0.2) is 21.0 Å². The third kappa shape index (κ3) is 3.55. The summed E-state index contributed by atoms with van der Waals surface area (Å²) in [5, 5.41) is 6.06. The summed E-state index contributed by atoms with van der Waals surface area (Å²) in [4.78, 5) is 13.0. The van der Waals surface area contributed by atoms with Crippen LogP contribution in [0.1, 0.15) is 12.8 Å². The number of nitrogens with one attached hydrogen (secondary N) is 2. The van der Waals surface area contributed by atoms with E-state index in [9.17, 15) is 8.78 Å². The van der Waals surface area contributed by atoms with Crippen LogP contribution in [0.5, 0.6) is 0 Å². The average molecular weight is 339 g/mol. The van der Waals surface area contributed by atoms with E-state index in [2.05, 4.69) is 25.6 Å². The van der Waals surface area contributed by atoms with Gasteiger partial charge in [-0.2, -0.15) is 4.98 Å². The second kappa shape index (κ2) is 6.43. The van der Waals surface area contributed by atoms with Gasteiger partial charge in [-0.3, -0.25) is 4.98 Å². The Balaban J connectivity index is 1.71. The first-order valence-electron chi connectivity index (χ1n) is 7.96. The van der Waals surface area contributed by atoms with E-state index in [1.165, 1.54) is 12.1 Å². The lowest BCUT2D eigenvalue weighted by atomic mass is 10.2. The molecule has 7 heteroatoms. The zero-order valence-electron chi connectivity index (χ0n) is 13.2. The van der Waals surface area contributed by atoms with Crippen LogP contribution in [0.4, 0.5) is 26.2 Å². The quantitative estimate of drug-likeness (QED) is 0.732. The van der Waals surface area contributed by atoms with Crippen molar-refractivity contribution in [3.63, 3.8) is 0 Å².